The number of nitrogens with zero attached hydrogens (tertiary/aromatic N) is 4. The second-order valence-corrected chi connectivity index (χ2v) is 7.62. The fourth-order valence-electron chi connectivity index (χ4n) is 3.29. The van der Waals surface area contributed by atoms with E-state index in [1.807, 2.05) is 23.3 Å². The molecule has 0 spiro atoms. The van der Waals surface area contributed by atoms with Crippen LogP contribution in [0.4, 0.5) is 5.82 Å². The summed E-state index contributed by atoms with van der Waals surface area (Å²) in [5, 5.41) is 11.1. The molecule has 146 valence electrons. The molecule has 3 rings (SSSR count). The number of anilines is 1. The van der Waals surface area contributed by atoms with Gasteiger partial charge in [-0.15, -0.1) is 0 Å². The first-order valence-electron chi connectivity index (χ1n) is 9.11. The van der Waals surface area contributed by atoms with Crippen molar-refractivity contribution >= 4 is 35.1 Å². The molecular formula is C20H21ClN4O2S. The van der Waals surface area contributed by atoms with Crippen LogP contribution in [0.1, 0.15) is 25.3 Å². The SMILES string of the molecule is CCOC(=O)[C@H]1CCCN(c2nc(SC)nc(-c3ccc(Cl)cc3)c2C#N)C1. The number of hydrogen-bond acceptors (Lipinski definition) is 7. The molecule has 2 heterocycles. The molecule has 6 nitrogen and oxygen atoms in total. The Labute approximate surface area is 173 Å². The molecule has 1 aromatic carbocycles. The van der Waals surface area contributed by atoms with Crippen LogP contribution in [0.5, 0.6) is 0 Å². The van der Waals surface area contributed by atoms with Gasteiger partial charge < -0.3 is 9.64 Å². The zero-order valence-corrected chi connectivity index (χ0v) is 17.4. The normalized spacial score (nSPS) is 16.5. The molecule has 1 aliphatic rings. The van der Waals surface area contributed by atoms with Crippen LogP contribution in [-0.2, 0) is 9.53 Å². The van der Waals surface area contributed by atoms with Gasteiger partial charge in [-0.2, -0.15) is 5.26 Å². The zero-order chi connectivity index (χ0) is 20.1. The molecular weight excluding hydrogens is 396 g/mol. The fourth-order valence-corrected chi connectivity index (χ4v) is 3.78. The van der Waals surface area contributed by atoms with Gasteiger partial charge in [0.25, 0.3) is 0 Å². The fraction of sp³-hybridized carbons (Fsp3) is 0.400. The van der Waals surface area contributed by atoms with Gasteiger partial charge in [0.1, 0.15) is 11.6 Å². The molecule has 1 fully saturated rings. The molecule has 1 atom stereocenters. The number of rotatable bonds is 5. The first kappa shape index (κ1) is 20.4. The number of esters is 1. The van der Waals surface area contributed by atoms with E-state index in [2.05, 4.69) is 16.0 Å². The third-order valence-corrected chi connectivity index (χ3v) is 5.42. The maximum atomic E-state index is 12.2. The van der Waals surface area contributed by atoms with Crippen LogP contribution in [0.2, 0.25) is 5.02 Å². The number of carbonyl (C=O) groups is 1. The molecule has 2 aromatic rings. The predicted molar refractivity (Wildman–Crippen MR) is 111 cm³/mol. The summed E-state index contributed by atoms with van der Waals surface area (Å²) in [6, 6.07) is 9.51. The summed E-state index contributed by atoms with van der Waals surface area (Å²) in [6.45, 7) is 3.39. The lowest BCUT2D eigenvalue weighted by atomic mass is 9.97. The second-order valence-electron chi connectivity index (χ2n) is 6.41. The Balaban J connectivity index is 2.02. The summed E-state index contributed by atoms with van der Waals surface area (Å²) in [5.41, 5.74) is 1.79. The Morgan fingerprint density at radius 1 is 1.39 bits per heavy atom. The van der Waals surface area contributed by atoms with Crippen LogP contribution in [0.3, 0.4) is 0 Å². The molecule has 0 N–H and O–H groups in total. The number of thioether (sulfide) groups is 1. The predicted octanol–water partition coefficient (Wildman–Crippen LogP) is 4.17. The van der Waals surface area contributed by atoms with Crippen molar-refractivity contribution in [3.05, 3.63) is 34.9 Å². The molecule has 28 heavy (non-hydrogen) atoms. The maximum absolute atomic E-state index is 12.2. The van der Waals surface area contributed by atoms with Crippen molar-refractivity contribution in [3.8, 4) is 17.3 Å². The lowest BCUT2D eigenvalue weighted by molar-refractivity contribution is -0.148. The smallest absolute Gasteiger partial charge is 0.310 e. The number of halogens is 1. The summed E-state index contributed by atoms with van der Waals surface area (Å²) in [7, 11) is 0. The van der Waals surface area contributed by atoms with Gasteiger partial charge in [-0.3, -0.25) is 4.79 Å². The van der Waals surface area contributed by atoms with Crippen LogP contribution >= 0.6 is 23.4 Å². The first-order chi connectivity index (χ1) is 13.6. The highest BCUT2D eigenvalue weighted by atomic mass is 35.5. The summed E-state index contributed by atoms with van der Waals surface area (Å²) in [6.07, 6.45) is 3.51. The van der Waals surface area contributed by atoms with E-state index < -0.39 is 0 Å². The monoisotopic (exact) mass is 416 g/mol. The molecule has 1 saturated heterocycles. The van der Waals surface area contributed by atoms with Crippen LogP contribution in [0, 0.1) is 17.2 Å². The van der Waals surface area contributed by atoms with E-state index >= 15 is 0 Å². The van der Waals surface area contributed by atoms with Crippen molar-refractivity contribution in [3.63, 3.8) is 0 Å². The maximum Gasteiger partial charge on any atom is 0.310 e. The van der Waals surface area contributed by atoms with Gasteiger partial charge >= 0.3 is 5.97 Å². The Morgan fingerprint density at radius 3 is 2.79 bits per heavy atom. The number of carbonyl (C=O) groups excluding carboxylic acids is 1. The van der Waals surface area contributed by atoms with Gasteiger partial charge in [-0.05, 0) is 38.2 Å². The third-order valence-electron chi connectivity index (χ3n) is 4.62. The summed E-state index contributed by atoms with van der Waals surface area (Å²) in [5.74, 6) is 0.162. The molecule has 1 aliphatic heterocycles. The average molecular weight is 417 g/mol. The van der Waals surface area contributed by atoms with E-state index in [9.17, 15) is 10.1 Å². The van der Waals surface area contributed by atoms with Crippen LogP contribution in [0.15, 0.2) is 29.4 Å². The van der Waals surface area contributed by atoms with Crippen molar-refractivity contribution in [2.75, 3.05) is 30.9 Å². The summed E-state index contributed by atoms with van der Waals surface area (Å²) < 4.78 is 5.19. The second kappa shape index (κ2) is 9.26. The van der Waals surface area contributed by atoms with E-state index in [-0.39, 0.29) is 11.9 Å². The highest BCUT2D eigenvalue weighted by molar-refractivity contribution is 7.98. The van der Waals surface area contributed by atoms with E-state index in [1.54, 1.807) is 19.1 Å². The van der Waals surface area contributed by atoms with Crippen LogP contribution < -0.4 is 4.90 Å². The van der Waals surface area contributed by atoms with Crippen LogP contribution in [-0.4, -0.2) is 41.9 Å². The minimum absolute atomic E-state index is 0.192. The first-order valence-corrected chi connectivity index (χ1v) is 10.7. The van der Waals surface area contributed by atoms with Gasteiger partial charge in [-0.1, -0.05) is 35.5 Å². The molecule has 0 saturated carbocycles. The minimum atomic E-state index is -0.216. The van der Waals surface area contributed by atoms with E-state index in [1.165, 1.54) is 11.8 Å². The highest BCUT2D eigenvalue weighted by Crippen LogP contribution is 2.33. The van der Waals surface area contributed by atoms with Crippen molar-refractivity contribution < 1.29 is 9.53 Å². The summed E-state index contributed by atoms with van der Waals surface area (Å²) in [4.78, 5) is 23.4. The minimum Gasteiger partial charge on any atom is -0.466 e. The van der Waals surface area contributed by atoms with Gasteiger partial charge in [0.2, 0.25) is 0 Å². The Hall–Kier alpha value is -2.30. The third kappa shape index (κ3) is 4.40. The number of aromatic nitrogens is 2. The Kier molecular flexibility index (Phi) is 6.76. The molecule has 8 heteroatoms. The number of benzene rings is 1. The number of hydrogen-bond donors (Lipinski definition) is 0. The number of nitriles is 1. The molecule has 0 amide bonds. The lowest BCUT2D eigenvalue weighted by Crippen LogP contribution is -2.40. The van der Waals surface area contributed by atoms with Crippen molar-refractivity contribution in [1.29, 1.82) is 5.26 Å². The van der Waals surface area contributed by atoms with E-state index in [0.717, 1.165) is 24.9 Å². The Morgan fingerprint density at radius 2 is 2.14 bits per heavy atom. The number of ether oxygens (including phenoxy) is 1. The molecule has 0 unspecified atom stereocenters. The topological polar surface area (TPSA) is 79.1 Å². The molecule has 0 aliphatic carbocycles. The zero-order valence-electron chi connectivity index (χ0n) is 15.8. The van der Waals surface area contributed by atoms with Gasteiger partial charge in [0.15, 0.2) is 11.0 Å². The quantitative estimate of drug-likeness (QED) is 0.411. The standard InChI is InChI=1S/C20H21ClN4O2S/c1-3-27-19(26)14-5-4-10-25(12-14)18-16(11-22)17(23-20(24-18)28-2)13-6-8-15(21)9-7-13/h6-9,14H,3-5,10,12H2,1-2H3/t14-/m0/s1. The van der Waals surface area contributed by atoms with Gasteiger partial charge in [0.05, 0.1) is 18.2 Å². The van der Waals surface area contributed by atoms with Crippen molar-refractivity contribution in [2.45, 2.75) is 24.9 Å². The van der Waals surface area contributed by atoms with E-state index in [0.29, 0.717) is 40.4 Å². The average Bonchev–Trinajstić information content (AvgIpc) is 2.73. The van der Waals surface area contributed by atoms with Gasteiger partial charge in [0, 0.05) is 23.7 Å². The molecule has 0 radical (unpaired) electrons. The lowest BCUT2D eigenvalue weighted by Gasteiger charge is -2.33. The number of piperidine rings is 1. The van der Waals surface area contributed by atoms with Crippen molar-refractivity contribution in [1.82, 2.24) is 9.97 Å². The largest absolute Gasteiger partial charge is 0.466 e. The highest BCUT2D eigenvalue weighted by Gasteiger charge is 2.30. The Bertz CT molecular complexity index is 898. The van der Waals surface area contributed by atoms with Crippen molar-refractivity contribution in [2.24, 2.45) is 5.92 Å². The van der Waals surface area contributed by atoms with E-state index in [4.69, 9.17) is 16.3 Å². The van der Waals surface area contributed by atoms with Crippen LogP contribution in [0.25, 0.3) is 11.3 Å². The van der Waals surface area contributed by atoms with Gasteiger partial charge in [-0.25, -0.2) is 9.97 Å². The molecule has 0 bridgehead atoms. The summed E-state index contributed by atoms with van der Waals surface area (Å²) >= 11 is 7.42. The molecule has 1 aromatic heterocycles.